The molecular formula is C25H21N5O4. The average Bonchev–Trinajstić information content (AvgIpc) is 3.60. The van der Waals surface area contributed by atoms with Crippen molar-refractivity contribution in [3.05, 3.63) is 65.5 Å². The molecule has 2 aromatic carbocycles. The lowest BCUT2D eigenvalue weighted by atomic mass is 9.86. The summed E-state index contributed by atoms with van der Waals surface area (Å²) in [6.45, 7) is 0.238. The average molecular weight is 455 g/mol. The second-order valence-electron chi connectivity index (χ2n) is 8.98. The lowest BCUT2D eigenvalue weighted by molar-refractivity contribution is -0.157. The van der Waals surface area contributed by atoms with Crippen molar-refractivity contribution in [3.63, 3.8) is 0 Å². The van der Waals surface area contributed by atoms with E-state index in [-0.39, 0.29) is 25.2 Å². The third kappa shape index (κ3) is 2.63. The number of carbonyl (C=O) groups is 2. The fourth-order valence-corrected chi connectivity index (χ4v) is 5.47. The molecule has 2 N–H and O–H groups in total. The Bertz CT molecular complexity index is 1470. The number of benzene rings is 2. The third-order valence-electron chi connectivity index (χ3n) is 7.07. The molecule has 0 radical (unpaired) electrons. The lowest BCUT2D eigenvalue weighted by Crippen LogP contribution is -2.62. The molecule has 170 valence electrons. The highest BCUT2D eigenvalue weighted by Gasteiger charge is 2.47. The van der Waals surface area contributed by atoms with Gasteiger partial charge >= 0.3 is 0 Å². The van der Waals surface area contributed by atoms with Gasteiger partial charge in [-0.2, -0.15) is 5.10 Å². The molecule has 1 unspecified atom stereocenters. The molecule has 2 amide bonds. The second kappa shape index (κ2) is 6.86. The Morgan fingerprint density at radius 3 is 2.79 bits per heavy atom. The Morgan fingerprint density at radius 2 is 1.94 bits per heavy atom. The summed E-state index contributed by atoms with van der Waals surface area (Å²) in [4.78, 5) is 33.4. The van der Waals surface area contributed by atoms with Gasteiger partial charge in [-0.3, -0.25) is 14.7 Å². The van der Waals surface area contributed by atoms with Gasteiger partial charge in [0.25, 0.3) is 0 Å². The van der Waals surface area contributed by atoms with E-state index in [1.54, 1.807) is 18.1 Å². The number of piperazine rings is 1. The van der Waals surface area contributed by atoms with Gasteiger partial charge in [-0.15, -0.1) is 0 Å². The van der Waals surface area contributed by atoms with Crippen LogP contribution in [0.4, 0.5) is 0 Å². The van der Waals surface area contributed by atoms with Crippen LogP contribution >= 0.6 is 0 Å². The maximum absolute atomic E-state index is 13.3. The maximum atomic E-state index is 13.3. The van der Waals surface area contributed by atoms with E-state index in [9.17, 15) is 9.59 Å². The van der Waals surface area contributed by atoms with Crippen molar-refractivity contribution in [2.24, 2.45) is 0 Å². The maximum Gasteiger partial charge on any atom is 0.245 e. The molecule has 9 nitrogen and oxygen atoms in total. The van der Waals surface area contributed by atoms with Crippen LogP contribution in [0.2, 0.25) is 0 Å². The zero-order valence-corrected chi connectivity index (χ0v) is 18.4. The number of rotatable bonds is 2. The second-order valence-corrected chi connectivity index (χ2v) is 8.98. The molecule has 7 rings (SSSR count). The number of likely N-dealkylation sites (N-methyl/N-ethyl adjacent to an activating group) is 1. The van der Waals surface area contributed by atoms with Crippen LogP contribution in [0.15, 0.2) is 48.7 Å². The Balaban J connectivity index is 1.45. The Morgan fingerprint density at radius 1 is 1.06 bits per heavy atom. The van der Waals surface area contributed by atoms with E-state index in [4.69, 9.17) is 9.47 Å². The van der Waals surface area contributed by atoms with Gasteiger partial charge in [0, 0.05) is 41.8 Å². The van der Waals surface area contributed by atoms with Crippen molar-refractivity contribution in [1.29, 1.82) is 0 Å². The summed E-state index contributed by atoms with van der Waals surface area (Å²) in [5.41, 5.74) is 5.75. The fraction of sp³-hybridized carbons (Fsp3) is 0.240. The first kappa shape index (κ1) is 19.2. The minimum atomic E-state index is -0.566. The first-order valence-electron chi connectivity index (χ1n) is 11.2. The molecule has 0 saturated carbocycles. The van der Waals surface area contributed by atoms with E-state index in [1.807, 2.05) is 36.4 Å². The highest BCUT2D eigenvalue weighted by atomic mass is 16.7. The monoisotopic (exact) mass is 455 g/mol. The van der Waals surface area contributed by atoms with Crippen LogP contribution in [0.3, 0.4) is 0 Å². The molecule has 0 spiro atoms. The van der Waals surface area contributed by atoms with E-state index in [0.29, 0.717) is 17.9 Å². The number of hydrogen-bond acceptors (Lipinski definition) is 5. The van der Waals surface area contributed by atoms with E-state index >= 15 is 0 Å². The standard InChI is InChI=1S/C25H21N5O4/c1-29-11-22(31)30-19(25(29)32)10-16-15-8-13(17-6-7-26-28-17)2-4-18(15)27-23(16)24(30)14-3-5-20-21(9-14)34-12-33-20/h2-9,19,24,27H,10-12H2,1H3,(H,26,28)/t19?,24-/m0/s1. The predicted molar refractivity (Wildman–Crippen MR) is 122 cm³/mol. The number of hydrogen-bond donors (Lipinski definition) is 2. The summed E-state index contributed by atoms with van der Waals surface area (Å²) in [6.07, 6.45) is 2.18. The van der Waals surface area contributed by atoms with Crippen molar-refractivity contribution in [2.45, 2.75) is 18.5 Å². The Hall–Kier alpha value is -4.27. The third-order valence-corrected chi connectivity index (χ3v) is 7.07. The highest BCUT2D eigenvalue weighted by Crippen LogP contribution is 2.45. The first-order chi connectivity index (χ1) is 16.6. The van der Waals surface area contributed by atoms with Gasteiger partial charge in [-0.1, -0.05) is 12.1 Å². The number of aromatic amines is 2. The minimum Gasteiger partial charge on any atom is -0.454 e. The number of fused-ring (bicyclic) bond motifs is 5. The molecule has 4 aromatic rings. The van der Waals surface area contributed by atoms with Crippen molar-refractivity contribution in [1.82, 2.24) is 25.0 Å². The van der Waals surface area contributed by atoms with Crippen molar-refractivity contribution >= 4 is 22.7 Å². The van der Waals surface area contributed by atoms with Gasteiger partial charge in [-0.25, -0.2) is 0 Å². The fourth-order valence-electron chi connectivity index (χ4n) is 5.47. The molecule has 0 aliphatic carbocycles. The molecule has 2 atom stereocenters. The molecule has 1 fully saturated rings. The molecule has 9 heteroatoms. The van der Waals surface area contributed by atoms with E-state index < -0.39 is 12.1 Å². The molecule has 34 heavy (non-hydrogen) atoms. The van der Waals surface area contributed by atoms with Gasteiger partial charge < -0.3 is 24.3 Å². The Labute approximate surface area is 194 Å². The number of nitrogens with zero attached hydrogens (tertiary/aromatic N) is 3. The van der Waals surface area contributed by atoms with Gasteiger partial charge in [0.05, 0.1) is 18.3 Å². The van der Waals surface area contributed by atoms with Gasteiger partial charge in [-0.05, 0) is 41.5 Å². The van der Waals surface area contributed by atoms with E-state index in [1.165, 1.54) is 4.90 Å². The summed E-state index contributed by atoms with van der Waals surface area (Å²) in [6, 6.07) is 12.8. The summed E-state index contributed by atoms with van der Waals surface area (Å²) in [5.74, 6) is 1.21. The van der Waals surface area contributed by atoms with E-state index in [0.717, 1.165) is 39.0 Å². The molecule has 0 bridgehead atoms. The summed E-state index contributed by atoms with van der Waals surface area (Å²) in [5, 5.41) is 8.12. The lowest BCUT2D eigenvalue weighted by Gasteiger charge is -2.46. The highest BCUT2D eigenvalue weighted by molar-refractivity contribution is 5.98. The summed E-state index contributed by atoms with van der Waals surface area (Å²) in [7, 11) is 1.69. The quantitative estimate of drug-likeness (QED) is 0.484. The van der Waals surface area contributed by atoms with Crippen LogP contribution in [0, 0.1) is 0 Å². The van der Waals surface area contributed by atoms with Gasteiger partial charge in [0.2, 0.25) is 18.6 Å². The topological polar surface area (TPSA) is 104 Å². The Kier molecular flexibility index (Phi) is 3.88. The van der Waals surface area contributed by atoms with Crippen molar-refractivity contribution in [2.75, 3.05) is 20.4 Å². The van der Waals surface area contributed by atoms with Gasteiger partial charge in [0.1, 0.15) is 6.04 Å². The SMILES string of the molecule is CN1CC(=O)N2C(Cc3c([nH]c4ccc(-c5ccn[nH]5)cc34)[C@@H]2c2ccc3c(c2)OCO3)C1=O. The van der Waals surface area contributed by atoms with Crippen molar-refractivity contribution < 1.29 is 19.1 Å². The molecule has 3 aliphatic rings. The molecule has 1 saturated heterocycles. The van der Waals surface area contributed by atoms with Crippen LogP contribution in [0.5, 0.6) is 11.5 Å². The smallest absolute Gasteiger partial charge is 0.245 e. The predicted octanol–water partition coefficient (Wildman–Crippen LogP) is 2.60. The van der Waals surface area contributed by atoms with Gasteiger partial charge in [0.15, 0.2) is 11.5 Å². The first-order valence-corrected chi connectivity index (χ1v) is 11.2. The number of aromatic nitrogens is 3. The van der Waals surface area contributed by atoms with Crippen molar-refractivity contribution in [3.8, 4) is 22.8 Å². The number of nitrogens with one attached hydrogen (secondary N) is 2. The van der Waals surface area contributed by atoms with Crippen LogP contribution in [-0.4, -0.2) is 63.2 Å². The number of H-pyrrole nitrogens is 2. The summed E-state index contributed by atoms with van der Waals surface area (Å²) < 4.78 is 11.1. The largest absolute Gasteiger partial charge is 0.454 e. The van der Waals surface area contributed by atoms with Crippen LogP contribution in [0.25, 0.3) is 22.2 Å². The zero-order valence-electron chi connectivity index (χ0n) is 18.4. The number of carbonyl (C=O) groups excluding carboxylic acids is 2. The number of amides is 2. The minimum absolute atomic E-state index is 0.0462. The van der Waals surface area contributed by atoms with Crippen LogP contribution in [0.1, 0.15) is 22.9 Å². The van der Waals surface area contributed by atoms with E-state index in [2.05, 4.69) is 21.2 Å². The molecule has 2 aromatic heterocycles. The number of ether oxygens (including phenoxy) is 2. The molecular weight excluding hydrogens is 434 g/mol. The normalized spacial score (nSPS) is 21.2. The molecule has 3 aliphatic heterocycles. The van der Waals surface area contributed by atoms with Crippen LogP contribution in [-0.2, 0) is 16.0 Å². The molecule has 5 heterocycles. The zero-order chi connectivity index (χ0) is 23.0. The van der Waals surface area contributed by atoms with Crippen LogP contribution < -0.4 is 9.47 Å². The summed E-state index contributed by atoms with van der Waals surface area (Å²) >= 11 is 0.